The molecule has 6 nitrogen and oxygen atoms in total. The molecular weight excluding hydrogens is 380 g/mol. The summed E-state index contributed by atoms with van der Waals surface area (Å²) in [5.74, 6) is 1.27. The van der Waals surface area contributed by atoms with Crippen molar-refractivity contribution in [2.75, 3.05) is 30.0 Å². The van der Waals surface area contributed by atoms with Gasteiger partial charge >= 0.3 is 0 Å². The van der Waals surface area contributed by atoms with E-state index < -0.39 is 0 Å². The second-order valence-electron chi connectivity index (χ2n) is 7.04. The van der Waals surface area contributed by atoms with Crippen LogP contribution in [0.1, 0.15) is 37.8 Å². The minimum Gasteiger partial charge on any atom is -0.490 e. The lowest BCUT2D eigenvalue weighted by Crippen LogP contribution is -2.24. The maximum Gasteiger partial charge on any atom is 0.248 e. The molecule has 0 atom stereocenters. The summed E-state index contributed by atoms with van der Waals surface area (Å²) in [6, 6.07) is 11.2. The number of rotatable bonds is 8. The third kappa shape index (κ3) is 5.20. The Labute approximate surface area is 177 Å². The molecule has 1 saturated heterocycles. The Morgan fingerprint density at radius 3 is 2.53 bits per heavy atom. The van der Waals surface area contributed by atoms with Gasteiger partial charge in [0, 0.05) is 30.4 Å². The number of benzene rings is 2. The van der Waals surface area contributed by atoms with E-state index in [2.05, 4.69) is 5.32 Å². The molecule has 158 valence electrons. The van der Waals surface area contributed by atoms with E-state index in [0.29, 0.717) is 36.8 Å². The summed E-state index contributed by atoms with van der Waals surface area (Å²) in [4.78, 5) is 26.1. The summed E-state index contributed by atoms with van der Waals surface area (Å²) in [6.07, 6.45) is 4.70. The predicted octanol–water partition coefficient (Wildman–Crippen LogP) is 4.57. The zero-order valence-corrected chi connectivity index (χ0v) is 17.7. The molecule has 1 aliphatic heterocycles. The van der Waals surface area contributed by atoms with Gasteiger partial charge in [-0.05, 0) is 74.7 Å². The molecule has 1 aliphatic rings. The van der Waals surface area contributed by atoms with Gasteiger partial charge in [0.15, 0.2) is 11.5 Å². The molecule has 6 heteroatoms. The van der Waals surface area contributed by atoms with Crippen molar-refractivity contribution in [2.24, 2.45) is 0 Å². The average Bonchev–Trinajstić information content (AvgIpc) is 3.14. The monoisotopic (exact) mass is 408 g/mol. The Hall–Kier alpha value is -3.28. The number of hydrogen-bond acceptors (Lipinski definition) is 4. The molecule has 2 aromatic carbocycles. The number of ether oxygens (including phenoxy) is 2. The molecule has 0 bridgehead atoms. The van der Waals surface area contributed by atoms with E-state index in [1.54, 1.807) is 6.08 Å². The molecule has 30 heavy (non-hydrogen) atoms. The van der Waals surface area contributed by atoms with Gasteiger partial charge in [-0.25, -0.2) is 0 Å². The zero-order chi connectivity index (χ0) is 21.5. The van der Waals surface area contributed by atoms with E-state index in [1.165, 1.54) is 6.08 Å². The fraction of sp³-hybridized carbons (Fsp3) is 0.333. The molecule has 0 aromatic heterocycles. The highest BCUT2D eigenvalue weighted by Crippen LogP contribution is 2.29. The molecule has 0 aliphatic carbocycles. The van der Waals surface area contributed by atoms with Gasteiger partial charge in [-0.3, -0.25) is 9.59 Å². The maximum atomic E-state index is 12.4. The van der Waals surface area contributed by atoms with Gasteiger partial charge < -0.3 is 19.7 Å². The first-order valence-corrected chi connectivity index (χ1v) is 10.3. The second kappa shape index (κ2) is 9.96. The van der Waals surface area contributed by atoms with Crippen molar-refractivity contribution in [3.63, 3.8) is 0 Å². The largest absolute Gasteiger partial charge is 0.490 e. The van der Waals surface area contributed by atoms with Crippen LogP contribution in [0.2, 0.25) is 0 Å². The minimum atomic E-state index is -0.230. The minimum absolute atomic E-state index is 0.152. The quantitative estimate of drug-likeness (QED) is 0.650. The molecule has 1 heterocycles. The third-order valence-corrected chi connectivity index (χ3v) is 4.82. The van der Waals surface area contributed by atoms with Crippen molar-refractivity contribution in [3.8, 4) is 11.5 Å². The molecule has 0 unspecified atom stereocenters. The molecule has 2 amide bonds. The van der Waals surface area contributed by atoms with Gasteiger partial charge in [-0.2, -0.15) is 0 Å². The summed E-state index contributed by atoms with van der Waals surface area (Å²) in [5.41, 5.74) is 3.40. The molecule has 0 spiro atoms. The zero-order valence-electron chi connectivity index (χ0n) is 17.7. The van der Waals surface area contributed by atoms with Crippen LogP contribution in [0.4, 0.5) is 11.4 Å². The van der Waals surface area contributed by atoms with Crippen LogP contribution in [-0.4, -0.2) is 31.6 Å². The normalized spacial score (nSPS) is 13.7. The van der Waals surface area contributed by atoms with Gasteiger partial charge in [0.2, 0.25) is 11.8 Å². The van der Waals surface area contributed by atoms with Gasteiger partial charge in [-0.1, -0.05) is 6.07 Å². The summed E-state index contributed by atoms with van der Waals surface area (Å²) in [6.45, 7) is 7.62. The highest BCUT2D eigenvalue weighted by Gasteiger charge is 2.22. The number of amides is 2. The average molecular weight is 408 g/mol. The topological polar surface area (TPSA) is 67.9 Å². The van der Waals surface area contributed by atoms with Crippen LogP contribution in [-0.2, 0) is 9.59 Å². The van der Waals surface area contributed by atoms with Crippen molar-refractivity contribution in [2.45, 2.75) is 33.6 Å². The maximum absolute atomic E-state index is 12.4. The predicted molar refractivity (Wildman–Crippen MR) is 119 cm³/mol. The van der Waals surface area contributed by atoms with Gasteiger partial charge in [-0.15, -0.1) is 0 Å². The van der Waals surface area contributed by atoms with E-state index in [9.17, 15) is 9.59 Å². The van der Waals surface area contributed by atoms with Crippen LogP contribution in [0, 0.1) is 6.92 Å². The Bertz CT molecular complexity index is 952. The molecule has 2 aromatic rings. The molecule has 1 fully saturated rings. The van der Waals surface area contributed by atoms with Crippen LogP contribution in [0.3, 0.4) is 0 Å². The van der Waals surface area contributed by atoms with E-state index >= 15 is 0 Å². The van der Waals surface area contributed by atoms with E-state index in [0.717, 1.165) is 29.8 Å². The van der Waals surface area contributed by atoms with Gasteiger partial charge in [0.25, 0.3) is 0 Å². The summed E-state index contributed by atoms with van der Waals surface area (Å²) >= 11 is 0. The first-order chi connectivity index (χ1) is 14.5. The lowest BCUT2D eigenvalue weighted by molar-refractivity contribution is -0.117. The van der Waals surface area contributed by atoms with Crippen molar-refractivity contribution in [3.05, 3.63) is 53.6 Å². The number of hydrogen-bond donors (Lipinski definition) is 1. The van der Waals surface area contributed by atoms with Crippen molar-refractivity contribution < 1.29 is 19.1 Å². The number of anilines is 2. The second-order valence-corrected chi connectivity index (χ2v) is 7.04. The smallest absolute Gasteiger partial charge is 0.248 e. The summed E-state index contributed by atoms with van der Waals surface area (Å²) in [5, 5.41) is 2.87. The van der Waals surface area contributed by atoms with E-state index in [4.69, 9.17) is 9.47 Å². The number of carbonyl (C=O) groups is 2. The third-order valence-electron chi connectivity index (χ3n) is 4.82. The first-order valence-electron chi connectivity index (χ1n) is 10.3. The lowest BCUT2D eigenvalue weighted by atomic mass is 10.1. The van der Waals surface area contributed by atoms with E-state index in [1.807, 2.05) is 62.1 Å². The lowest BCUT2D eigenvalue weighted by Gasteiger charge is -2.19. The SMILES string of the molecule is CCOc1ccc(/C=C/C(=O)Nc2ccc(N3CCCC3=O)c(C)c2)cc1OCC. The number of nitrogens with zero attached hydrogens (tertiary/aromatic N) is 1. The fourth-order valence-electron chi connectivity index (χ4n) is 3.47. The van der Waals surface area contributed by atoms with Crippen LogP contribution in [0.25, 0.3) is 6.08 Å². The van der Waals surface area contributed by atoms with Crippen molar-refractivity contribution >= 4 is 29.3 Å². The number of carbonyl (C=O) groups excluding carboxylic acids is 2. The van der Waals surface area contributed by atoms with Crippen LogP contribution in [0.15, 0.2) is 42.5 Å². The van der Waals surface area contributed by atoms with Crippen LogP contribution in [0.5, 0.6) is 11.5 Å². The van der Waals surface area contributed by atoms with Crippen molar-refractivity contribution in [1.29, 1.82) is 0 Å². The highest BCUT2D eigenvalue weighted by atomic mass is 16.5. The fourth-order valence-corrected chi connectivity index (χ4v) is 3.47. The summed E-state index contributed by atoms with van der Waals surface area (Å²) in [7, 11) is 0. The molecule has 0 saturated carbocycles. The number of nitrogens with one attached hydrogen (secondary N) is 1. The Kier molecular flexibility index (Phi) is 7.12. The molecular formula is C24H28N2O4. The van der Waals surface area contributed by atoms with E-state index in [-0.39, 0.29) is 11.8 Å². The van der Waals surface area contributed by atoms with Crippen molar-refractivity contribution in [1.82, 2.24) is 0 Å². The Morgan fingerprint density at radius 2 is 1.87 bits per heavy atom. The first kappa shape index (κ1) is 21.4. The summed E-state index contributed by atoms with van der Waals surface area (Å²) < 4.78 is 11.2. The molecule has 1 N–H and O–H groups in total. The Balaban J connectivity index is 1.66. The van der Waals surface area contributed by atoms with Gasteiger partial charge in [0.05, 0.1) is 13.2 Å². The Morgan fingerprint density at radius 1 is 1.10 bits per heavy atom. The number of aryl methyl sites for hydroxylation is 1. The van der Waals surface area contributed by atoms with Gasteiger partial charge in [0.1, 0.15) is 0 Å². The molecule has 0 radical (unpaired) electrons. The standard InChI is InChI=1S/C24H28N2O4/c1-4-29-21-12-8-18(16-22(21)30-5-2)9-13-23(27)25-19-10-11-20(17(3)15-19)26-14-6-7-24(26)28/h8-13,15-16H,4-7,14H2,1-3H3,(H,25,27)/b13-9+. The molecule has 3 rings (SSSR count). The highest BCUT2D eigenvalue weighted by molar-refractivity contribution is 6.02. The van der Waals surface area contributed by atoms with Crippen LogP contribution >= 0.6 is 0 Å². The van der Waals surface area contributed by atoms with Crippen LogP contribution < -0.4 is 19.7 Å².